The van der Waals surface area contributed by atoms with E-state index in [1.165, 1.54) is 0 Å². The molecule has 7 heteroatoms. The number of fused-ring (bicyclic) bond motifs is 2. The Labute approximate surface area is 186 Å². The predicted molar refractivity (Wildman–Crippen MR) is 125 cm³/mol. The lowest BCUT2D eigenvalue weighted by atomic mass is 9.98. The monoisotopic (exact) mass is 427 g/mol. The molecule has 1 amide bonds. The van der Waals surface area contributed by atoms with Crippen molar-refractivity contribution in [2.75, 3.05) is 12.0 Å². The molecule has 1 atom stereocenters. The minimum absolute atomic E-state index is 0.00182. The van der Waals surface area contributed by atoms with Gasteiger partial charge in [0.05, 0.1) is 30.6 Å². The summed E-state index contributed by atoms with van der Waals surface area (Å²) in [6, 6.07) is 15.9. The highest BCUT2D eigenvalue weighted by molar-refractivity contribution is 6.02. The summed E-state index contributed by atoms with van der Waals surface area (Å²) in [4.78, 5) is 27.7. The van der Waals surface area contributed by atoms with Gasteiger partial charge in [0.1, 0.15) is 22.9 Å². The van der Waals surface area contributed by atoms with Crippen LogP contribution >= 0.6 is 0 Å². The molecule has 4 aromatic rings. The first-order valence-electron chi connectivity index (χ1n) is 10.6. The number of hydrogen-bond donors (Lipinski definition) is 2. The van der Waals surface area contributed by atoms with Crippen molar-refractivity contribution in [3.63, 3.8) is 0 Å². The van der Waals surface area contributed by atoms with E-state index in [0.29, 0.717) is 17.1 Å². The van der Waals surface area contributed by atoms with Crippen molar-refractivity contribution >= 4 is 22.8 Å². The van der Waals surface area contributed by atoms with Gasteiger partial charge in [-0.15, -0.1) is 0 Å². The molecule has 7 nitrogen and oxygen atoms in total. The van der Waals surface area contributed by atoms with Crippen molar-refractivity contribution in [2.45, 2.75) is 32.5 Å². The van der Waals surface area contributed by atoms with Crippen LogP contribution in [0.25, 0.3) is 22.3 Å². The van der Waals surface area contributed by atoms with Crippen LogP contribution in [0.2, 0.25) is 0 Å². The topological polar surface area (TPSA) is 83.1 Å². The lowest BCUT2D eigenvalue weighted by Gasteiger charge is -2.47. The largest absolute Gasteiger partial charge is 0.495 e. The summed E-state index contributed by atoms with van der Waals surface area (Å²) in [6.45, 7) is 6.14. The van der Waals surface area contributed by atoms with E-state index >= 15 is 0 Å². The number of aromatic amines is 1. The zero-order valence-corrected chi connectivity index (χ0v) is 18.5. The van der Waals surface area contributed by atoms with Gasteiger partial charge in [-0.1, -0.05) is 30.3 Å². The second-order valence-electron chi connectivity index (χ2n) is 8.51. The molecule has 0 bridgehead atoms. The number of benzene rings is 1. The predicted octanol–water partition coefficient (Wildman–Crippen LogP) is 4.68. The molecule has 5 rings (SSSR count). The van der Waals surface area contributed by atoms with E-state index in [2.05, 4.69) is 39.2 Å². The van der Waals surface area contributed by atoms with Gasteiger partial charge in [0.15, 0.2) is 0 Å². The van der Waals surface area contributed by atoms with Crippen LogP contribution in [0.1, 0.15) is 42.7 Å². The van der Waals surface area contributed by atoms with Crippen molar-refractivity contribution in [1.82, 2.24) is 20.3 Å². The van der Waals surface area contributed by atoms with E-state index in [-0.39, 0.29) is 11.9 Å². The van der Waals surface area contributed by atoms with Crippen LogP contribution in [-0.2, 0) is 0 Å². The number of H-pyrrole nitrogens is 1. The molecule has 1 aliphatic heterocycles. The van der Waals surface area contributed by atoms with Crippen LogP contribution in [0, 0.1) is 0 Å². The third-order valence-corrected chi connectivity index (χ3v) is 6.06. The molecular weight excluding hydrogens is 402 g/mol. The number of amides is 1. The van der Waals surface area contributed by atoms with E-state index in [4.69, 9.17) is 9.72 Å². The molecule has 162 valence electrons. The lowest BCUT2D eigenvalue weighted by Crippen LogP contribution is -2.61. The fourth-order valence-corrected chi connectivity index (χ4v) is 4.49. The highest BCUT2D eigenvalue weighted by Crippen LogP contribution is 2.39. The summed E-state index contributed by atoms with van der Waals surface area (Å²) in [5.74, 6) is 1.22. The van der Waals surface area contributed by atoms with E-state index in [1.54, 1.807) is 13.3 Å². The molecular formula is C25H25N5O2. The maximum Gasteiger partial charge on any atom is 0.256 e. The van der Waals surface area contributed by atoms with Crippen molar-refractivity contribution in [3.8, 4) is 17.0 Å². The molecule has 0 fully saturated rings. The second-order valence-corrected chi connectivity index (χ2v) is 8.51. The number of rotatable bonds is 4. The number of nitrogens with one attached hydrogen (secondary N) is 2. The van der Waals surface area contributed by atoms with E-state index in [0.717, 1.165) is 27.9 Å². The van der Waals surface area contributed by atoms with E-state index in [1.807, 2.05) is 56.4 Å². The summed E-state index contributed by atoms with van der Waals surface area (Å²) in [5.41, 5.74) is 3.52. The number of methoxy groups -OCH3 is 1. The molecule has 0 saturated carbocycles. The zero-order chi connectivity index (χ0) is 22.5. The maximum absolute atomic E-state index is 12.9. The molecule has 0 radical (unpaired) electrons. The summed E-state index contributed by atoms with van der Waals surface area (Å²) in [6.07, 6.45) is 3.57. The van der Waals surface area contributed by atoms with Crippen LogP contribution in [0.15, 0.2) is 60.9 Å². The standard InChI is InChI=1S/C25H25N5O2/c1-15(16-8-6-5-7-9-16)30-23-18(24(31)29-25(30,2)3)10-11-21(28-23)20-14-27-22-19(20)12-17(32-4)13-26-22/h5-15H,1-4H3,(H,26,27)(H,29,31)/t15-/m1/s1. The average molecular weight is 428 g/mol. The Morgan fingerprint density at radius 1 is 1.09 bits per heavy atom. The first kappa shape index (κ1) is 20.1. The molecule has 0 aliphatic carbocycles. The highest BCUT2D eigenvalue weighted by atomic mass is 16.5. The maximum atomic E-state index is 12.9. The molecule has 0 spiro atoms. The fraction of sp³-hybridized carbons (Fsp3) is 0.240. The first-order chi connectivity index (χ1) is 15.4. The van der Waals surface area contributed by atoms with Gasteiger partial charge in [-0.05, 0) is 44.5 Å². The van der Waals surface area contributed by atoms with Crippen molar-refractivity contribution in [1.29, 1.82) is 0 Å². The SMILES string of the molecule is COc1cnc2[nH]cc(-c3ccc4c(n3)N([C@H](C)c3ccccc3)C(C)(C)NC4=O)c2c1. The van der Waals surface area contributed by atoms with Crippen LogP contribution in [0.3, 0.4) is 0 Å². The number of hydrogen-bond acceptors (Lipinski definition) is 5. The zero-order valence-electron chi connectivity index (χ0n) is 18.5. The van der Waals surface area contributed by atoms with Gasteiger partial charge in [0, 0.05) is 17.1 Å². The summed E-state index contributed by atoms with van der Waals surface area (Å²) < 4.78 is 5.35. The van der Waals surface area contributed by atoms with Crippen LogP contribution in [0.4, 0.5) is 5.82 Å². The Balaban J connectivity index is 1.67. The third kappa shape index (κ3) is 3.17. The average Bonchev–Trinajstić information content (AvgIpc) is 3.21. The molecule has 4 heterocycles. The minimum atomic E-state index is -0.615. The molecule has 0 saturated heterocycles. The van der Waals surface area contributed by atoms with Gasteiger partial charge >= 0.3 is 0 Å². The Kier molecular flexibility index (Phi) is 4.62. The quantitative estimate of drug-likeness (QED) is 0.494. The Bertz CT molecular complexity index is 1310. The molecule has 3 aromatic heterocycles. The molecule has 1 aromatic carbocycles. The molecule has 1 aliphatic rings. The first-order valence-corrected chi connectivity index (χ1v) is 10.6. The van der Waals surface area contributed by atoms with Crippen LogP contribution in [-0.4, -0.2) is 33.6 Å². The van der Waals surface area contributed by atoms with Gasteiger partial charge in [-0.25, -0.2) is 9.97 Å². The molecule has 0 unspecified atom stereocenters. The Morgan fingerprint density at radius 3 is 2.62 bits per heavy atom. The number of carbonyl (C=O) groups excluding carboxylic acids is 1. The summed E-state index contributed by atoms with van der Waals surface area (Å²) in [7, 11) is 1.62. The summed E-state index contributed by atoms with van der Waals surface area (Å²) >= 11 is 0. The number of aromatic nitrogens is 3. The second kappa shape index (κ2) is 7.37. The minimum Gasteiger partial charge on any atom is -0.495 e. The number of nitrogens with zero attached hydrogens (tertiary/aromatic N) is 3. The van der Waals surface area contributed by atoms with Crippen LogP contribution in [0.5, 0.6) is 5.75 Å². The van der Waals surface area contributed by atoms with Gasteiger partial charge in [-0.2, -0.15) is 0 Å². The number of pyridine rings is 2. The van der Waals surface area contributed by atoms with Crippen molar-refractivity contribution < 1.29 is 9.53 Å². The number of ether oxygens (including phenoxy) is 1. The van der Waals surface area contributed by atoms with Gasteiger partial charge in [0.2, 0.25) is 0 Å². The molecule has 32 heavy (non-hydrogen) atoms. The smallest absolute Gasteiger partial charge is 0.256 e. The van der Waals surface area contributed by atoms with Gasteiger partial charge in [-0.3, -0.25) is 4.79 Å². The van der Waals surface area contributed by atoms with E-state index in [9.17, 15) is 4.79 Å². The van der Waals surface area contributed by atoms with Crippen molar-refractivity contribution in [3.05, 3.63) is 72.1 Å². The Morgan fingerprint density at radius 2 is 1.88 bits per heavy atom. The number of carbonyl (C=O) groups is 1. The van der Waals surface area contributed by atoms with Crippen molar-refractivity contribution in [2.24, 2.45) is 0 Å². The third-order valence-electron chi connectivity index (χ3n) is 6.06. The van der Waals surface area contributed by atoms with E-state index < -0.39 is 5.66 Å². The Hall–Kier alpha value is -3.87. The number of anilines is 1. The lowest BCUT2D eigenvalue weighted by molar-refractivity contribution is 0.0892. The van der Waals surface area contributed by atoms with Gasteiger partial charge in [0.25, 0.3) is 5.91 Å². The normalized spacial score (nSPS) is 15.9. The van der Waals surface area contributed by atoms with Gasteiger partial charge < -0.3 is 19.9 Å². The highest BCUT2D eigenvalue weighted by Gasteiger charge is 2.40. The van der Waals surface area contributed by atoms with Crippen LogP contribution < -0.4 is 15.0 Å². The summed E-state index contributed by atoms with van der Waals surface area (Å²) in [5, 5.41) is 4.04. The molecule has 2 N–H and O–H groups in total. The fourth-order valence-electron chi connectivity index (χ4n) is 4.49.